The molecule has 0 spiro atoms. The Kier molecular flexibility index (Phi) is 7.74. The van der Waals surface area contributed by atoms with Gasteiger partial charge in [-0.3, -0.25) is 10.0 Å². The van der Waals surface area contributed by atoms with Crippen LogP contribution in [-0.2, 0) is 14.8 Å². The number of nitrogens with zero attached hydrogens (tertiary/aromatic N) is 1. The average Bonchev–Trinajstić information content (AvgIpc) is 2.66. The molecule has 1 saturated heterocycles. The van der Waals surface area contributed by atoms with Crippen LogP contribution in [0, 0.1) is 11.8 Å². The molecule has 154 valence electrons. The predicted molar refractivity (Wildman–Crippen MR) is 108 cm³/mol. The average molecular weight is 428 g/mol. The molecule has 0 saturated carbocycles. The van der Waals surface area contributed by atoms with Crippen molar-refractivity contribution in [2.24, 2.45) is 5.73 Å². The summed E-state index contributed by atoms with van der Waals surface area (Å²) in [6, 6.07) is 4.92. The molecule has 0 radical (unpaired) electrons. The molecule has 0 aliphatic carbocycles. The van der Waals surface area contributed by atoms with Crippen molar-refractivity contribution in [1.82, 2.24) is 9.79 Å². The lowest BCUT2D eigenvalue weighted by molar-refractivity contribution is -0.134. The van der Waals surface area contributed by atoms with Gasteiger partial charge in [-0.15, -0.1) is 0 Å². The van der Waals surface area contributed by atoms with Crippen LogP contribution in [0.5, 0.6) is 5.75 Å². The first-order valence-corrected chi connectivity index (χ1v) is 11.1. The van der Waals surface area contributed by atoms with Gasteiger partial charge in [0.2, 0.25) is 10.0 Å². The molecule has 1 aromatic carbocycles. The molecule has 1 atom stereocenters. The van der Waals surface area contributed by atoms with Crippen LogP contribution in [0.1, 0.15) is 20.3 Å². The maximum Gasteiger partial charge on any atom is 0.263 e. The second-order valence-electron chi connectivity index (χ2n) is 6.60. The number of nitrogens with one attached hydrogen (secondary N) is 1. The smallest absolute Gasteiger partial charge is 0.263 e. The Morgan fingerprint density at radius 2 is 2.07 bits per heavy atom. The number of hydrogen-bond donors (Lipinski definition) is 3. The van der Waals surface area contributed by atoms with Gasteiger partial charge in [0.05, 0.1) is 4.90 Å². The van der Waals surface area contributed by atoms with Crippen molar-refractivity contribution < 1.29 is 23.2 Å². The van der Waals surface area contributed by atoms with Crippen molar-refractivity contribution >= 4 is 27.7 Å². The third-order valence-electron chi connectivity index (χ3n) is 4.23. The molecule has 28 heavy (non-hydrogen) atoms. The van der Waals surface area contributed by atoms with Gasteiger partial charge in [0.25, 0.3) is 5.91 Å². The van der Waals surface area contributed by atoms with Crippen LogP contribution in [-0.4, -0.2) is 60.1 Å². The minimum Gasteiger partial charge on any atom is -0.481 e. The van der Waals surface area contributed by atoms with Crippen LogP contribution in [0.15, 0.2) is 29.2 Å². The second-order valence-corrected chi connectivity index (χ2v) is 10.2. The fraction of sp³-hybridized carbons (Fsp3) is 0.500. The monoisotopic (exact) mass is 427 g/mol. The fourth-order valence-electron chi connectivity index (χ4n) is 2.89. The van der Waals surface area contributed by atoms with E-state index in [2.05, 4.69) is 11.8 Å². The number of hydroxylamine groups is 1. The van der Waals surface area contributed by atoms with Crippen molar-refractivity contribution in [2.45, 2.75) is 36.0 Å². The van der Waals surface area contributed by atoms with Gasteiger partial charge in [-0.05, 0) is 38.1 Å². The quantitative estimate of drug-likeness (QED) is 0.349. The van der Waals surface area contributed by atoms with Gasteiger partial charge in [-0.2, -0.15) is 16.1 Å². The Morgan fingerprint density at radius 1 is 1.39 bits per heavy atom. The lowest BCUT2D eigenvalue weighted by Gasteiger charge is -2.43. The van der Waals surface area contributed by atoms with Crippen molar-refractivity contribution in [1.29, 1.82) is 0 Å². The van der Waals surface area contributed by atoms with Crippen molar-refractivity contribution in [3.63, 3.8) is 0 Å². The normalized spacial score (nSPS) is 19.4. The molecular formula is C18H25N3O5S2. The van der Waals surface area contributed by atoms with E-state index >= 15 is 0 Å². The molecule has 0 aromatic heterocycles. The number of ether oxygens (including phenoxy) is 1. The first-order chi connectivity index (χ1) is 13.2. The Balaban J connectivity index is 2.21. The summed E-state index contributed by atoms with van der Waals surface area (Å²) >= 11 is 1.49. The highest BCUT2D eigenvalue weighted by Crippen LogP contribution is 2.38. The van der Waals surface area contributed by atoms with Gasteiger partial charge in [-0.1, -0.05) is 11.8 Å². The lowest BCUT2D eigenvalue weighted by Crippen LogP contribution is -2.61. The van der Waals surface area contributed by atoms with E-state index in [4.69, 9.17) is 15.7 Å². The molecule has 1 aromatic rings. The molecule has 1 heterocycles. The van der Waals surface area contributed by atoms with Crippen molar-refractivity contribution in [3.8, 4) is 17.6 Å². The zero-order valence-corrected chi connectivity index (χ0v) is 17.5. The number of nitrogens with two attached hydrogens (primary N) is 1. The standard InChI is InChI=1S/C18H25N3O5S2/c1-18(2)16(17(22)20-23)21(11-13-27-18)28(24,25)15-8-6-14(7-9-15)26-12-5-3-4-10-19/h6-9,16,23H,4,10-13,19H2,1-2H3,(H,20,22)/t16-/m0/s1. The molecule has 0 unspecified atom stereocenters. The third kappa shape index (κ3) is 5.18. The minimum absolute atomic E-state index is 0.0486. The topological polar surface area (TPSA) is 122 Å². The first kappa shape index (κ1) is 22.5. The van der Waals surface area contributed by atoms with Gasteiger partial charge >= 0.3 is 0 Å². The molecule has 1 fully saturated rings. The Labute approximate surface area is 169 Å². The van der Waals surface area contributed by atoms with E-state index in [-0.39, 0.29) is 18.0 Å². The van der Waals surface area contributed by atoms with Crippen LogP contribution >= 0.6 is 11.8 Å². The maximum atomic E-state index is 13.1. The maximum absolute atomic E-state index is 13.1. The summed E-state index contributed by atoms with van der Waals surface area (Å²) in [6.07, 6.45) is 0.591. The SMILES string of the molecule is CC1(C)SCCN(S(=O)(=O)c2ccc(OCC#CCCN)cc2)[C@H]1C(=O)NO. The van der Waals surface area contributed by atoms with Crippen LogP contribution in [0.3, 0.4) is 0 Å². The highest BCUT2D eigenvalue weighted by Gasteiger charge is 2.48. The number of amides is 1. The number of carbonyl (C=O) groups is 1. The molecule has 8 nitrogen and oxygen atoms in total. The van der Waals surface area contributed by atoms with E-state index in [1.54, 1.807) is 31.5 Å². The van der Waals surface area contributed by atoms with Gasteiger partial charge in [0.1, 0.15) is 18.4 Å². The van der Waals surface area contributed by atoms with Gasteiger partial charge in [-0.25, -0.2) is 13.9 Å². The summed E-state index contributed by atoms with van der Waals surface area (Å²) in [7, 11) is -3.94. The highest BCUT2D eigenvalue weighted by atomic mass is 32.2. The summed E-state index contributed by atoms with van der Waals surface area (Å²) in [5.41, 5.74) is 6.94. The molecule has 1 aliphatic heterocycles. The van der Waals surface area contributed by atoms with Crippen LogP contribution in [0.2, 0.25) is 0 Å². The van der Waals surface area contributed by atoms with Crippen molar-refractivity contribution in [3.05, 3.63) is 24.3 Å². The number of hydrogen-bond acceptors (Lipinski definition) is 7. The molecule has 1 amide bonds. The van der Waals surface area contributed by atoms with Gasteiger partial charge in [0.15, 0.2) is 0 Å². The number of thioether (sulfide) groups is 1. The van der Waals surface area contributed by atoms with E-state index in [0.717, 1.165) is 4.31 Å². The van der Waals surface area contributed by atoms with E-state index < -0.39 is 26.7 Å². The molecule has 1 aliphatic rings. The fourth-order valence-corrected chi connectivity index (χ4v) is 6.00. The summed E-state index contributed by atoms with van der Waals surface area (Å²) in [5.74, 6) is 5.94. The number of carbonyl (C=O) groups excluding carboxylic acids is 1. The van der Waals surface area contributed by atoms with Gasteiger partial charge in [0, 0.05) is 30.0 Å². The zero-order chi connectivity index (χ0) is 20.8. The highest BCUT2D eigenvalue weighted by molar-refractivity contribution is 8.00. The molecular weight excluding hydrogens is 402 g/mol. The largest absolute Gasteiger partial charge is 0.481 e. The van der Waals surface area contributed by atoms with Crippen LogP contribution < -0.4 is 16.0 Å². The predicted octanol–water partition coefficient (Wildman–Crippen LogP) is 0.808. The summed E-state index contributed by atoms with van der Waals surface area (Å²) < 4.78 is 32.2. The zero-order valence-electron chi connectivity index (χ0n) is 15.8. The number of benzene rings is 1. The third-order valence-corrected chi connectivity index (χ3v) is 7.46. The summed E-state index contributed by atoms with van der Waals surface area (Å²) in [5, 5.41) is 9.08. The van der Waals surface area contributed by atoms with E-state index in [1.807, 2.05) is 0 Å². The van der Waals surface area contributed by atoms with E-state index in [9.17, 15) is 13.2 Å². The second kappa shape index (κ2) is 9.62. The number of rotatable bonds is 6. The minimum atomic E-state index is -3.94. The Bertz CT molecular complexity index is 844. The summed E-state index contributed by atoms with van der Waals surface area (Å²) in [4.78, 5) is 12.2. The van der Waals surface area contributed by atoms with Crippen molar-refractivity contribution in [2.75, 3.05) is 25.4 Å². The van der Waals surface area contributed by atoms with E-state index in [0.29, 0.717) is 24.5 Å². The lowest BCUT2D eigenvalue weighted by atomic mass is 10.0. The molecule has 0 bridgehead atoms. The molecule has 4 N–H and O–H groups in total. The van der Waals surface area contributed by atoms with E-state index in [1.165, 1.54) is 23.9 Å². The van der Waals surface area contributed by atoms with Crippen LogP contribution in [0.4, 0.5) is 0 Å². The first-order valence-electron chi connectivity index (χ1n) is 8.72. The summed E-state index contributed by atoms with van der Waals surface area (Å²) in [6.45, 7) is 4.40. The Morgan fingerprint density at radius 3 is 2.68 bits per heavy atom. The van der Waals surface area contributed by atoms with Gasteiger partial charge < -0.3 is 10.5 Å². The van der Waals surface area contributed by atoms with Crippen LogP contribution in [0.25, 0.3) is 0 Å². The Hall–Kier alpha value is -1.77. The molecule has 10 heteroatoms. The number of sulfonamides is 1. The molecule has 2 rings (SSSR count).